The van der Waals surface area contributed by atoms with Gasteiger partial charge in [0.25, 0.3) is 0 Å². The highest BCUT2D eigenvalue weighted by molar-refractivity contribution is 6.11. The molecule has 2 nitrogen and oxygen atoms in total. The van der Waals surface area contributed by atoms with E-state index >= 15 is 0 Å². The summed E-state index contributed by atoms with van der Waals surface area (Å²) in [6, 6.07) is 0. The first-order valence-corrected chi connectivity index (χ1v) is 8.85. The second-order valence-electron chi connectivity index (χ2n) is 6.90. The summed E-state index contributed by atoms with van der Waals surface area (Å²) < 4.78 is 176. The van der Waals surface area contributed by atoms with Crippen molar-refractivity contribution in [2.45, 2.75) is 0 Å². The molecule has 0 fully saturated rings. The maximum atomic E-state index is 14.8. The number of fused-ring (bicyclic) bond motifs is 2. The zero-order chi connectivity index (χ0) is 26.3. The van der Waals surface area contributed by atoms with Crippen molar-refractivity contribution in [2.75, 3.05) is 7.11 Å². The van der Waals surface area contributed by atoms with Crippen molar-refractivity contribution in [3.05, 3.63) is 69.8 Å². The van der Waals surface area contributed by atoms with Crippen LogP contribution >= 0.6 is 0 Å². The summed E-state index contributed by atoms with van der Waals surface area (Å²) in [5.74, 6) is -34.5. The van der Waals surface area contributed by atoms with Gasteiger partial charge in [0.05, 0.1) is 17.9 Å². The molecule has 4 aromatic carbocycles. The normalized spacial score (nSPS) is 11.7. The van der Waals surface area contributed by atoms with Gasteiger partial charge in [0.2, 0.25) is 11.6 Å². The average molecular weight is 516 g/mol. The molecule has 0 radical (unpaired) electrons. The molecule has 0 spiro atoms. The van der Waals surface area contributed by atoms with E-state index in [2.05, 4.69) is 4.74 Å². The van der Waals surface area contributed by atoms with Crippen molar-refractivity contribution in [1.82, 2.24) is 0 Å². The van der Waals surface area contributed by atoms with Crippen molar-refractivity contribution in [1.29, 1.82) is 0 Å². The Morgan fingerprint density at radius 3 is 1.11 bits per heavy atom. The van der Waals surface area contributed by atoms with Crippen molar-refractivity contribution in [3.8, 4) is 22.6 Å². The second kappa shape index (κ2) is 7.85. The summed E-state index contributed by atoms with van der Waals surface area (Å²) in [7, 11) is 0.498. The fraction of sp³-hybridized carbons (Fsp3) is 0.0476. The smallest absolute Gasteiger partial charge is 0.202 e. The molecule has 0 bridgehead atoms. The molecule has 184 valence electrons. The Morgan fingerprint density at radius 2 is 0.714 bits per heavy atom. The first kappa shape index (κ1) is 24.3. The highest BCUT2D eigenvalue weighted by atomic mass is 19.2. The van der Waals surface area contributed by atoms with Crippen LogP contribution in [0.15, 0.2) is 0 Å². The molecular formula is C21H4F12O2. The summed E-state index contributed by atoms with van der Waals surface area (Å²) in [5.41, 5.74) is -3.55. The zero-order valence-corrected chi connectivity index (χ0v) is 16.4. The van der Waals surface area contributed by atoms with Gasteiger partial charge in [-0.3, -0.25) is 0 Å². The highest BCUT2D eigenvalue weighted by Crippen LogP contribution is 2.51. The molecule has 0 atom stereocenters. The molecule has 0 heterocycles. The Labute approximate surface area is 184 Å². The lowest BCUT2D eigenvalue weighted by atomic mass is 9.90. The fourth-order valence-electron chi connectivity index (χ4n) is 3.69. The van der Waals surface area contributed by atoms with Crippen LogP contribution in [0.4, 0.5) is 52.7 Å². The van der Waals surface area contributed by atoms with Crippen molar-refractivity contribution < 1.29 is 62.5 Å². The van der Waals surface area contributed by atoms with Gasteiger partial charge in [-0.15, -0.1) is 0 Å². The molecule has 0 saturated carbocycles. The summed E-state index contributed by atoms with van der Waals surface area (Å²) in [6.07, 6.45) is 0. The van der Waals surface area contributed by atoms with Crippen molar-refractivity contribution in [3.63, 3.8) is 0 Å². The van der Waals surface area contributed by atoms with Crippen LogP contribution in [0.5, 0.6) is 11.5 Å². The maximum Gasteiger partial charge on any atom is 0.202 e. The van der Waals surface area contributed by atoms with Gasteiger partial charge in [-0.25, -0.2) is 43.9 Å². The largest absolute Gasteiger partial charge is 0.504 e. The third-order valence-corrected chi connectivity index (χ3v) is 5.18. The van der Waals surface area contributed by atoms with E-state index in [1.165, 1.54) is 0 Å². The molecule has 0 amide bonds. The minimum Gasteiger partial charge on any atom is -0.504 e. The van der Waals surface area contributed by atoms with E-state index < -0.39 is 114 Å². The first-order chi connectivity index (χ1) is 16.3. The van der Waals surface area contributed by atoms with Gasteiger partial charge in [-0.05, 0) is 0 Å². The molecule has 1 N–H and O–H groups in total. The summed E-state index contributed by atoms with van der Waals surface area (Å²) >= 11 is 0. The van der Waals surface area contributed by atoms with E-state index in [0.29, 0.717) is 7.11 Å². The van der Waals surface area contributed by atoms with Gasteiger partial charge in [-0.1, -0.05) is 0 Å². The molecule has 0 unspecified atom stereocenters. The Kier molecular flexibility index (Phi) is 5.45. The monoisotopic (exact) mass is 516 g/mol. The zero-order valence-electron chi connectivity index (χ0n) is 16.4. The molecule has 0 aliphatic carbocycles. The predicted molar refractivity (Wildman–Crippen MR) is 94.6 cm³/mol. The van der Waals surface area contributed by atoms with E-state index in [1.807, 2.05) is 0 Å². The predicted octanol–water partition coefficient (Wildman–Crippen LogP) is 7.04. The summed E-state index contributed by atoms with van der Waals surface area (Å²) in [6.45, 7) is 0. The molecule has 4 aromatic rings. The van der Waals surface area contributed by atoms with E-state index in [4.69, 9.17) is 0 Å². The Morgan fingerprint density at radius 1 is 0.400 bits per heavy atom. The van der Waals surface area contributed by atoms with E-state index in [0.717, 1.165) is 0 Å². The topological polar surface area (TPSA) is 29.5 Å². The molecule has 4 rings (SSSR count). The molecular weight excluding hydrogens is 512 g/mol. The standard InChI is InChI=1S/C21H4F12O2/c1-35-21-5(3-7(13(27)19(21)33)11(25)17(31)15(29)9(3)23)4-2-6(12(26)18(32)20(4)34)10(24)16(30)14(28)8(2)22/h34H,1H3. The molecule has 0 aliphatic heterocycles. The minimum absolute atomic E-state index is 0.498. The number of benzene rings is 4. The van der Waals surface area contributed by atoms with E-state index in [9.17, 15) is 57.8 Å². The number of methoxy groups -OCH3 is 1. The van der Waals surface area contributed by atoms with Crippen LogP contribution in [0, 0.1) is 69.8 Å². The molecule has 0 aromatic heterocycles. The van der Waals surface area contributed by atoms with Crippen LogP contribution < -0.4 is 4.74 Å². The lowest BCUT2D eigenvalue weighted by Crippen LogP contribution is -2.08. The molecule has 14 heteroatoms. The maximum absolute atomic E-state index is 14.8. The van der Waals surface area contributed by atoms with Gasteiger partial charge in [-0.2, -0.15) is 8.78 Å². The number of ether oxygens (including phenoxy) is 1. The van der Waals surface area contributed by atoms with Crippen LogP contribution in [0.2, 0.25) is 0 Å². The molecule has 35 heavy (non-hydrogen) atoms. The van der Waals surface area contributed by atoms with Crippen LogP contribution in [0.3, 0.4) is 0 Å². The average Bonchev–Trinajstić information content (AvgIpc) is 2.83. The van der Waals surface area contributed by atoms with Crippen LogP contribution in [0.1, 0.15) is 0 Å². The van der Waals surface area contributed by atoms with Crippen molar-refractivity contribution >= 4 is 21.5 Å². The highest BCUT2D eigenvalue weighted by Gasteiger charge is 2.37. The van der Waals surface area contributed by atoms with Gasteiger partial charge < -0.3 is 9.84 Å². The molecule has 0 aliphatic rings. The number of aromatic hydroxyl groups is 1. The SMILES string of the molecule is COc1c(F)c(F)c2c(F)c(F)c(F)c(F)c2c1-c1c(O)c(F)c(F)c2c(F)c(F)c(F)c(F)c12. The van der Waals surface area contributed by atoms with Gasteiger partial charge in [0.1, 0.15) is 0 Å². The number of rotatable bonds is 2. The Bertz CT molecular complexity index is 1610. The van der Waals surface area contributed by atoms with E-state index in [-0.39, 0.29) is 0 Å². The number of halogens is 12. The third kappa shape index (κ3) is 2.94. The first-order valence-electron chi connectivity index (χ1n) is 8.85. The van der Waals surface area contributed by atoms with Crippen LogP contribution in [0.25, 0.3) is 32.7 Å². The number of hydrogen-bond donors (Lipinski definition) is 1. The Balaban J connectivity index is 2.50. The van der Waals surface area contributed by atoms with Gasteiger partial charge in [0.15, 0.2) is 69.7 Å². The minimum atomic E-state index is -2.68. The number of phenolic OH excluding ortho intramolecular Hbond substituents is 1. The van der Waals surface area contributed by atoms with Gasteiger partial charge in [0, 0.05) is 21.9 Å². The lowest BCUT2D eigenvalue weighted by Gasteiger charge is -2.20. The van der Waals surface area contributed by atoms with Crippen LogP contribution in [-0.4, -0.2) is 12.2 Å². The van der Waals surface area contributed by atoms with Crippen molar-refractivity contribution in [2.24, 2.45) is 0 Å². The van der Waals surface area contributed by atoms with E-state index in [1.54, 1.807) is 0 Å². The quantitative estimate of drug-likeness (QED) is 0.176. The van der Waals surface area contributed by atoms with Crippen LogP contribution in [-0.2, 0) is 0 Å². The summed E-state index contributed by atoms with van der Waals surface area (Å²) in [5, 5.41) is 2.29. The number of hydrogen-bond acceptors (Lipinski definition) is 2. The Hall–Kier alpha value is -3.84. The lowest BCUT2D eigenvalue weighted by molar-refractivity contribution is 0.372. The molecule has 0 saturated heterocycles. The second-order valence-corrected chi connectivity index (χ2v) is 6.90. The fourth-order valence-corrected chi connectivity index (χ4v) is 3.69. The number of phenols is 1. The van der Waals surface area contributed by atoms with Gasteiger partial charge >= 0.3 is 0 Å². The third-order valence-electron chi connectivity index (χ3n) is 5.18. The summed E-state index contributed by atoms with van der Waals surface area (Å²) in [4.78, 5) is 0.